The first kappa shape index (κ1) is 12.6. The van der Waals surface area contributed by atoms with Crippen LogP contribution in [0.1, 0.15) is 18.9 Å². The molecule has 2 N–H and O–H groups in total. The maximum Gasteiger partial charge on any atom is 0.328 e. The maximum absolute atomic E-state index is 12.0. The molecule has 0 spiro atoms. The maximum atomic E-state index is 12.0. The van der Waals surface area contributed by atoms with Gasteiger partial charge in [0.05, 0.1) is 0 Å². The number of imide groups is 2. The average molecular weight is 267 g/mol. The Labute approximate surface area is 109 Å². The zero-order valence-electron chi connectivity index (χ0n) is 9.62. The first-order valence-electron chi connectivity index (χ1n) is 5.43. The van der Waals surface area contributed by atoms with E-state index in [1.807, 2.05) is 0 Å². The second-order valence-corrected chi connectivity index (χ2v) is 4.44. The Morgan fingerprint density at radius 1 is 1.06 bits per heavy atom. The third-order valence-electron chi connectivity index (χ3n) is 3.10. The highest BCUT2D eigenvalue weighted by Crippen LogP contribution is 2.31. The number of hydrogen-bond acceptors (Lipinski definition) is 3. The SMILES string of the molecule is CCC1(c2ccc(Cl)cc2)C(=O)NC(=O)NC1=O. The predicted molar refractivity (Wildman–Crippen MR) is 65.1 cm³/mol. The Morgan fingerprint density at radius 3 is 2.00 bits per heavy atom. The van der Waals surface area contributed by atoms with Crippen molar-refractivity contribution in [2.75, 3.05) is 0 Å². The molecule has 1 aromatic carbocycles. The quantitative estimate of drug-likeness (QED) is 0.794. The number of hydrogen-bond donors (Lipinski definition) is 2. The lowest BCUT2D eigenvalue weighted by molar-refractivity contribution is -0.138. The molecule has 94 valence electrons. The topological polar surface area (TPSA) is 75.3 Å². The van der Waals surface area contributed by atoms with Crippen LogP contribution in [0.3, 0.4) is 0 Å². The summed E-state index contributed by atoms with van der Waals surface area (Å²) in [6.45, 7) is 1.71. The molecule has 0 unspecified atom stereocenters. The Balaban J connectivity index is 2.53. The van der Waals surface area contributed by atoms with E-state index in [-0.39, 0.29) is 6.42 Å². The summed E-state index contributed by atoms with van der Waals surface area (Å²) in [7, 11) is 0. The number of halogens is 1. The lowest BCUT2D eigenvalue weighted by Crippen LogP contribution is -2.64. The minimum absolute atomic E-state index is 0.250. The highest BCUT2D eigenvalue weighted by Gasteiger charge is 2.50. The van der Waals surface area contributed by atoms with Crippen molar-refractivity contribution >= 4 is 29.4 Å². The van der Waals surface area contributed by atoms with Gasteiger partial charge >= 0.3 is 6.03 Å². The molecule has 18 heavy (non-hydrogen) atoms. The molecule has 0 bridgehead atoms. The van der Waals surface area contributed by atoms with Crippen LogP contribution in [0.5, 0.6) is 0 Å². The number of amides is 4. The van der Waals surface area contributed by atoms with E-state index in [0.717, 1.165) is 0 Å². The van der Waals surface area contributed by atoms with Crippen molar-refractivity contribution in [1.29, 1.82) is 0 Å². The number of rotatable bonds is 2. The van der Waals surface area contributed by atoms with Gasteiger partial charge in [-0.1, -0.05) is 30.7 Å². The van der Waals surface area contributed by atoms with Crippen LogP contribution in [0.4, 0.5) is 4.79 Å². The van der Waals surface area contributed by atoms with Crippen molar-refractivity contribution in [3.8, 4) is 0 Å². The second kappa shape index (κ2) is 4.42. The fourth-order valence-electron chi connectivity index (χ4n) is 2.08. The highest BCUT2D eigenvalue weighted by molar-refractivity contribution is 6.30. The van der Waals surface area contributed by atoms with Crippen LogP contribution in [0.2, 0.25) is 5.02 Å². The molecule has 0 saturated carbocycles. The Hall–Kier alpha value is -1.88. The molecule has 0 atom stereocenters. The molecule has 1 aromatic rings. The zero-order chi connectivity index (χ0) is 13.3. The summed E-state index contributed by atoms with van der Waals surface area (Å²) in [5, 5.41) is 4.76. The van der Waals surface area contributed by atoms with E-state index in [1.165, 1.54) is 0 Å². The van der Waals surface area contributed by atoms with Gasteiger partial charge in [0.1, 0.15) is 0 Å². The van der Waals surface area contributed by atoms with Crippen molar-refractivity contribution in [2.45, 2.75) is 18.8 Å². The van der Waals surface area contributed by atoms with Crippen LogP contribution in [-0.4, -0.2) is 17.8 Å². The first-order chi connectivity index (χ1) is 8.50. The van der Waals surface area contributed by atoms with Gasteiger partial charge in [0.2, 0.25) is 11.8 Å². The molecule has 4 amide bonds. The summed E-state index contributed by atoms with van der Waals surface area (Å²) in [5.74, 6) is -1.22. The van der Waals surface area contributed by atoms with Gasteiger partial charge in [0.25, 0.3) is 0 Å². The van der Waals surface area contributed by atoms with Crippen LogP contribution in [0, 0.1) is 0 Å². The first-order valence-corrected chi connectivity index (χ1v) is 5.81. The van der Waals surface area contributed by atoms with Gasteiger partial charge in [-0.25, -0.2) is 4.79 Å². The summed E-state index contributed by atoms with van der Waals surface area (Å²) in [5.41, 5.74) is -0.865. The molecular formula is C12H11ClN2O3. The molecular weight excluding hydrogens is 256 g/mol. The van der Waals surface area contributed by atoms with Crippen LogP contribution in [0.25, 0.3) is 0 Å². The van der Waals surface area contributed by atoms with Crippen LogP contribution < -0.4 is 10.6 Å². The van der Waals surface area contributed by atoms with Crippen molar-refractivity contribution in [2.24, 2.45) is 0 Å². The van der Waals surface area contributed by atoms with Gasteiger partial charge < -0.3 is 0 Å². The molecule has 0 aromatic heterocycles. The van der Waals surface area contributed by atoms with E-state index in [2.05, 4.69) is 10.6 Å². The van der Waals surface area contributed by atoms with E-state index in [4.69, 9.17) is 11.6 Å². The van der Waals surface area contributed by atoms with Gasteiger partial charge in [-0.05, 0) is 24.1 Å². The Kier molecular flexibility index (Phi) is 3.09. The van der Waals surface area contributed by atoms with E-state index in [1.54, 1.807) is 31.2 Å². The van der Waals surface area contributed by atoms with Crippen molar-refractivity contribution in [3.05, 3.63) is 34.9 Å². The van der Waals surface area contributed by atoms with E-state index in [0.29, 0.717) is 10.6 Å². The predicted octanol–water partition coefficient (Wildman–Crippen LogP) is 1.35. The highest BCUT2D eigenvalue weighted by atomic mass is 35.5. The number of nitrogens with one attached hydrogen (secondary N) is 2. The van der Waals surface area contributed by atoms with E-state index < -0.39 is 23.3 Å². The third-order valence-corrected chi connectivity index (χ3v) is 3.35. The molecule has 1 heterocycles. The van der Waals surface area contributed by atoms with Gasteiger partial charge in [-0.3, -0.25) is 20.2 Å². The van der Waals surface area contributed by atoms with Crippen molar-refractivity contribution in [1.82, 2.24) is 10.6 Å². The molecule has 6 heteroatoms. The average Bonchev–Trinajstić information content (AvgIpc) is 2.31. The Morgan fingerprint density at radius 2 is 1.56 bits per heavy atom. The van der Waals surface area contributed by atoms with Crippen LogP contribution in [0.15, 0.2) is 24.3 Å². The molecule has 5 nitrogen and oxygen atoms in total. The van der Waals surface area contributed by atoms with Gasteiger partial charge in [0, 0.05) is 5.02 Å². The van der Waals surface area contributed by atoms with Crippen LogP contribution >= 0.6 is 11.6 Å². The third kappa shape index (κ3) is 1.76. The molecule has 1 aliphatic rings. The summed E-state index contributed by atoms with van der Waals surface area (Å²) in [4.78, 5) is 35.1. The second-order valence-electron chi connectivity index (χ2n) is 4.00. The number of carbonyl (C=O) groups is 3. The number of barbiturate groups is 1. The fourth-order valence-corrected chi connectivity index (χ4v) is 2.20. The number of benzene rings is 1. The fraction of sp³-hybridized carbons (Fsp3) is 0.250. The molecule has 0 radical (unpaired) electrons. The van der Waals surface area contributed by atoms with Gasteiger partial charge in [-0.15, -0.1) is 0 Å². The van der Waals surface area contributed by atoms with Crippen LogP contribution in [-0.2, 0) is 15.0 Å². The lowest BCUT2D eigenvalue weighted by atomic mass is 9.75. The molecule has 1 saturated heterocycles. The Bertz CT molecular complexity index is 505. The monoisotopic (exact) mass is 266 g/mol. The normalized spacial score (nSPS) is 18.2. The van der Waals surface area contributed by atoms with Gasteiger partial charge in [-0.2, -0.15) is 0 Å². The molecule has 1 aliphatic heterocycles. The number of carbonyl (C=O) groups excluding carboxylic acids is 3. The molecule has 0 aliphatic carbocycles. The van der Waals surface area contributed by atoms with Crippen molar-refractivity contribution < 1.29 is 14.4 Å². The minimum atomic E-state index is -1.38. The minimum Gasteiger partial charge on any atom is -0.277 e. The summed E-state index contributed by atoms with van der Waals surface area (Å²) in [6.07, 6.45) is 0.250. The largest absolute Gasteiger partial charge is 0.328 e. The standard InChI is InChI=1S/C12H11ClN2O3/c1-2-12(7-3-5-8(13)6-4-7)9(16)14-11(18)15-10(12)17/h3-6H,2H2,1H3,(H2,14,15,16,17,18). The van der Waals surface area contributed by atoms with Crippen molar-refractivity contribution in [3.63, 3.8) is 0 Å². The van der Waals surface area contributed by atoms with E-state index >= 15 is 0 Å². The molecule has 2 rings (SSSR count). The summed E-state index contributed by atoms with van der Waals surface area (Å²) < 4.78 is 0. The number of urea groups is 1. The van der Waals surface area contributed by atoms with E-state index in [9.17, 15) is 14.4 Å². The summed E-state index contributed by atoms with van der Waals surface area (Å²) >= 11 is 5.78. The molecule has 1 fully saturated rings. The smallest absolute Gasteiger partial charge is 0.277 e. The lowest BCUT2D eigenvalue weighted by Gasteiger charge is -2.33. The zero-order valence-corrected chi connectivity index (χ0v) is 10.4. The van der Waals surface area contributed by atoms with Gasteiger partial charge in [0.15, 0.2) is 5.41 Å². The summed E-state index contributed by atoms with van der Waals surface area (Å²) in [6, 6.07) is 5.64.